The highest BCUT2D eigenvalue weighted by molar-refractivity contribution is 5.91. The van der Waals surface area contributed by atoms with Crippen molar-refractivity contribution in [2.75, 3.05) is 6.61 Å². The van der Waals surface area contributed by atoms with E-state index in [0.717, 1.165) is 18.2 Å². The second-order valence-corrected chi connectivity index (χ2v) is 2.98. The summed E-state index contributed by atoms with van der Waals surface area (Å²) in [4.78, 5) is 40.5. The Kier molecular flexibility index (Phi) is 4.02. The summed E-state index contributed by atoms with van der Waals surface area (Å²) >= 11 is 0. The summed E-state index contributed by atoms with van der Waals surface area (Å²) in [6.45, 7) is -0.496. The Hall–Kier alpha value is -2.84. The van der Waals surface area contributed by atoms with Gasteiger partial charge in [-0.3, -0.25) is 25.0 Å². The molecule has 0 saturated carbocycles. The van der Waals surface area contributed by atoms with E-state index in [4.69, 9.17) is 0 Å². The van der Waals surface area contributed by atoms with Crippen molar-refractivity contribution in [1.82, 2.24) is 0 Å². The molecule has 0 amide bonds. The number of ether oxygens (including phenoxy) is 1. The zero-order valence-corrected chi connectivity index (χ0v) is 8.77. The first-order valence-electron chi connectivity index (χ1n) is 4.51. The van der Waals surface area contributed by atoms with Crippen LogP contribution in [0, 0.1) is 20.2 Å². The quantitative estimate of drug-likeness (QED) is 0.329. The number of nitrogens with zero attached hydrogens (tertiary/aromatic N) is 2. The number of carbonyl (C=O) groups is 2. The molecular weight excluding hydrogens is 248 g/mol. The Morgan fingerprint density at radius 1 is 1.22 bits per heavy atom. The topological polar surface area (TPSA) is 130 Å². The standard InChI is InChI=1S/C9H6N2O7/c12-3-4-18-9(13)6-1-2-7(10(14)15)8(5-6)11(16)17/h1-3,5H,4H2. The first-order valence-corrected chi connectivity index (χ1v) is 4.51. The fraction of sp³-hybridized carbons (Fsp3) is 0.111. The molecule has 94 valence electrons. The van der Waals surface area contributed by atoms with Gasteiger partial charge in [-0.15, -0.1) is 0 Å². The molecule has 0 saturated heterocycles. The van der Waals surface area contributed by atoms with Gasteiger partial charge in [0.2, 0.25) is 0 Å². The van der Waals surface area contributed by atoms with Gasteiger partial charge in [0.25, 0.3) is 0 Å². The van der Waals surface area contributed by atoms with Crippen LogP contribution in [0.2, 0.25) is 0 Å². The molecule has 0 fully saturated rings. The third kappa shape index (κ3) is 2.84. The van der Waals surface area contributed by atoms with E-state index in [-0.39, 0.29) is 5.56 Å². The van der Waals surface area contributed by atoms with Crippen LogP contribution in [0.5, 0.6) is 0 Å². The monoisotopic (exact) mass is 254 g/mol. The van der Waals surface area contributed by atoms with Crippen LogP contribution in [0.1, 0.15) is 10.4 Å². The fourth-order valence-electron chi connectivity index (χ4n) is 1.14. The lowest BCUT2D eigenvalue weighted by Gasteiger charge is -2.01. The summed E-state index contributed by atoms with van der Waals surface area (Å²) in [6.07, 6.45) is 0.331. The average molecular weight is 254 g/mol. The van der Waals surface area contributed by atoms with Crippen molar-refractivity contribution in [3.8, 4) is 0 Å². The minimum Gasteiger partial charge on any atom is -0.454 e. The summed E-state index contributed by atoms with van der Waals surface area (Å²) in [5, 5.41) is 21.1. The van der Waals surface area contributed by atoms with Gasteiger partial charge in [-0.25, -0.2) is 4.79 Å². The molecule has 1 aromatic rings. The summed E-state index contributed by atoms with van der Waals surface area (Å²) < 4.78 is 4.41. The van der Waals surface area contributed by atoms with E-state index >= 15 is 0 Å². The Labute approximate surface area is 99.3 Å². The molecular formula is C9H6N2O7. The van der Waals surface area contributed by atoms with Crippen molar-refractivity contribution < 1.29 is 24.2 Å². The second-order valence-electron chi connectivity index (χ2n) is 2.98. The maximum absolute atomic E-state index is 11.3. The number of benzene rings is 1. The van der Waals surface area contributed by atoms with Gasteiger partial charge in [-0.2, -0.15) is 0 Å². The van der Waals surface area contributed by atoms with Gasteiger partial charge in [0.15, 0.2) is 6.29 Å². The Balaban J connectivity index is 3.15. The van der Waals surface area contributed by atoms with Crippen molar-refractivity contribution in [3.05, 3.63) is 44.0 Å². The van der Waals surface area contributed by atoms with Crippen molar-refractivity contribution in [3.63, 3.8) is 0 Å². The Morgan fingerprint density at radius 3 is 2.33 bits per heavy atom. The van der Waals surface area contributed by atoms with Crippen LogP contribution in [0.3, 0.4) is 0 Å². The molecule has 0 spiro atoms. The third-order valence-corrected chi connectivity index (χ3v) is 1.89. The van der Waals surface area contributed by atoms with Gasteiger partial charge in [0.05, 0.1) is 15.4 Å². The highest BCUT2D eigenvalue weighted by Crippen LogP contribution is 2.27. The molecule has 9 nitrogen and oxygen atoms in total. The number of carbonyl (C=O) groups excluding carboxylic acids is 2. The predicted octanol–water partition coefficient (Wildman–Crippen LogP) is 0.859. The van der Waals surface area contributed by atoms with Gasteiger partial charge in [-0.1, -0.05) is 0 Å². The van der Waals surface area contributed by atoms with Gasteiger partial charge < -0.3 is 4.74 Å². The van der Waals surface area contributed by atoms with Gasteiger partial charge in [0.1, 0.15) is 6.61 Å². The molecule has 0 unspecified atom stereocenters. The van der Waals surface area contributed by atoms with Crippen LogP contribution in [-0.2, 0) is 9.53 Å². The zero-order valence-electron chi connectivity index (χ0n) is 8.77. The molecule has 9 heteroatoms. The van der Waals surface area contributed by atoms with Crippen LogP contribution in [0.15, 0.2) is 18.2 Å². The first-order chi connectivity index (χ1) is 8.47. The molecule has 0 radical (unpaired) electrons. The van der Waals surface area contributed by atoms with Crippen molar-refractivity contribution in [2.45, 2.75) is 0 Å². The van der Waals surface area contributed by atoms with E-state index in [2.05, 4.69) is 4.74 Å². The number of nitro benzene ring substituents is 2. The molecule has 1 rings (SSSR count). The number of aldehydes is 1. The smallest absolute Gasteiger partial charge is 0.346 e. The fourth-order valence-corrected chi connectivity index (χ4v) is 1.14. The summed E-state index contributed by atoms with van der Waals surface area (Å²) in [7, 11) is 0. The highest BCUT2D eigenvalue weighted by atomic mass is 16.6. The molecule has 0 aliphatic carbocycles. The van der Waals surface area contributed by atoms with Crippen molar-refractivity contribution in [1.29, 1.82) is 0 Å². The van der Waals surface area contributed by atoms with Crippen molar-refractivity contribution in [2.24, 2.45) is 0 Å². The molecule has 0 atom stereocenters. The van der Waals surface area contributed by atoms with Crippen LogP contribution in [0.25, 0.3) is 0 Å². The number of hydrogen-bond donors (Lipinski definition) is 0. The number of hydrogen-bond acceptors (Lipinski definition) is 7. The zero-order chi connectivity index (χ0) is 13.7. The highest BCUT2D eigenvalue weighted by Gasteiger charge is 2.25. The van der Waals surface area contributed by atoms with E-state index in [1.807, 2.05) is 0 Å². The van der Waals surface area contributed by atoms with Crippen LogP contribution < -0.4 is 0 Å². The third-order valence-electron chi connectivity index (χ3n) is 1.89. The predicted molar refractivity (Wildman–Crippen MR) is 56.1 cm³/mol. The summed E-state index contributed by atoms with van der Waals surface area (Å²) in [6, 6.07) is 2.57. The first kappa shape index (κ1) is 13.2. The normalized spacial score (nSPS) is 9.56. The lowest BCUT2D eigenvalue weighted by molar-refractivity contribution is -0.422. The second kappa shape index (κ2) is 5.48. The molecule has 0 aliphatic heterocycles. The Morgan fingerprint density at radius 2 is 1.83 bits per heavy atom. The van der Waals surface area contributed by atoms with Crippen LogP contribution in [0.4, 0.5) is 11.4 Å². The largest absolute Gasteiger partial charge is 0.454 e. The molecule has 1 aromatic carbocycles. The van der Waals surface area contributed by atoms with Crippen LogP contribution >= 0.6 is 0 Å². The minimum absolute atomic E-state index is 0.242. The van der Waals surface area contributed by atoms with E-state index < -0.39 is 33.8 Å². The summed E-state index contributed by atoms with van der Waals surface area (Å²) in [5.74, 6) is -0.972. The number of esters is 1. The minimum atomic E-state index is -0.978. The Bertz CT molecular complexity index is 526. The molecule has 0 bridgehead atoms. The van der Waals surface area contributed by atoms with E-state index in [0.29, 0.717) is 6.29 Å². The van der Waals surface area contributed by atoms with E-state index in [1.165, 1.54) is 0 Å². The number of rotatable bonds is 5. The number of nitro groups is 2. The molecule has 0 N–H and O–H groups in total. The molecule has 0 aliphatic rings. The molecule has 18 heavy (non-hydrogen) atoms. The van der Waals surface area contributed by atoms with Crippen LogP contribution in [-0.4, -0.2) is 28.7 Å². The maximum atomic E-state index is 11.3. The lowest BCUT2D eigenvalue weighted by Crippen LogP contribution is -2.08. The molecule has 0 aromatic heterocycles. The van der Waals surface area contributed by atoms with Crippen molar-refractivity contribution >= 4 is 23.6 Å². The lowest BCUT2D eigenvalue weighted by atomic mass is 10.2. The van der Waals surface area contributed by atoms with E-state index in [9.17, 15) is 29.8 Å². The maximum Gasteiger partial charge on any atom is 0.346 e. The summed E-state index contributed by atoms with van der Waals surface area (Å²) in [5.41, 5.74) is -1.79. The van der Waals surface area contributed by atoms with Gasteiger partial charge in [-0.05, 0) is 6.07 Å². The van der Waals surface area contributed by atoms with E-state index in [1.54, 1.807) is 0 Å². The average Bonchev–Trinajstić information content (AvgIpc) is 2.34. The van der Waals surface area contributed by atoms with Gasteiger partial charge >= 0.3 is 17.3 Å². The molecule has 0 heterocycles. The van der Waals surface area contributed by atoms with Gasteiger partial charge in [0, 0.05) is 12.1 Å². The SMILES string of the molecule is O=CCOC(=O)c1ccc([N+](=O)[O-])c([N+](=O)[O-])c1.